The Kier molecular flexibility index (Phi) is 7.42. The van der Waals surface area contributed by atoms with E-state index in [0.717, 1.165) is 6.20 Å². The Hall–Kier alpha value is -2.13. The Balaban J connectivity index is 2.27. The molecule has 0 spiro atoms. The number of carbonyl (C=O) groups is 1. The number of nitrogens with zero attached hydrogens (tertiary/aromatic N) is 2. The summed E-state index contributed by atoms with van der Waals surface area (Å²) in [6.45, 7) is 14.8. The molecule has 0 atom stereocenters. The minimum absolute atomic E-state index is 0.0605. The van der Waals surface area contributed by atoms with E-state index in [1.807, 2.05) is 0 Å². The Labute approximate surface area is 182 Å². The number of hydrogen-bond acceptors (Lipinski definition) is 4. The van der Waals surface area contributed by atoms with Crippen LogP contribution in [0.4, 0.5) is 13.2 Å². The number of halogens is 3. The van der Waals surface area contributed by atoms with E-state index in [0.29, 0.717) is 24.0 Å². The first kappa shape index (κ1) is 25.1. The third-order valence-electron chi connectivity index (χ3n) is 5.59. The van der Waals surface area contributed by atoms with Crippen molar-refractivity contribution < 1.29 is 27.1 Å². The van der Waals surface area contributed by atoms with E-state index >= 15 is 0 Å². The van der Waals surface area contributed by atoms with Gasteiger partial charge in [0, 0.05) is 17.8 Å². The molecule has 0 aliphatic carbocycles. The van der Waals surface area contributed by atoms with Crippen LogP contribution in [0.1, 0.15) is 56.7 Å². The van der Waals surface area contributed by atoms with Gasteiger partial charge in [0.25, 0.3) is 0 Å². The Morgan fingerprint density at radius 3 is 2.32 bits per heavy atom. The second-order valence-electron chi connectivity index (χ2n) is 9.28. The van der Waals surface area contributed by atoms with Crippen LogP contribution in [0.5, 0.6) is 5.75 Å². The van der Waals surface area contributed by atoms with Crippen molar-refractivity contribution in [3.05, 3.63) is 35.7 Å². The first-order valence-electron chi connectivity index (χ1n) is 10.2. The van der Waals surface area contributed by atoms with Gasteiger partial charge in [-0.05, 0) is 44.1 Å². The zero-order valence-electron chi connectivity index (χ0n) is 19.1. The number of ether oxygens (including phenoxy) is 1. The number of hydrogen-bond donors (Lipinski definition) is 0. The summed E-state index contributed by atoms with van der Waals surface area (Å²) >= 11 is 0. The van der Waals surface area contributed by atoms with Gasteiger partial charge in [-0.25, -0.2) is 4.98 Å². The highest BCUT2D eigenvalue weighted by molar-refractivity contribution is 6.74. The number of carbonyl (C=O) groups excluding carboxylic acids is 1. The summed E-state index contributed by atoms with van der Waals surface area (Å²) in [7, 11) is -1.93. The lowest BCUT2D eigenvalue weighted by molar-refractivity contribution is -0.140. The number of imidazole rings is 1. The summed E-state index contributed by atoms with van der Waals surface area (Å²) in [5.74, 6) is 0.459. The third-order valence-corrected chi connectivity index (χ3v) is 10.1. The van der Waals surface area contributed by atoms with Crippen molar-refractivity contribution in [3.8, 4) is 17.1 Å². The van der Waals surface area contributed by atoms with Crippen LogP contribution in [0.25, 0.3) is 11.4 Å². The largest absolute Gasteiger partial charge is 0.490 e. The highest BCUT2D eigenvalue weighted by Gasteiger charge is 2.37. The standard InChI is InChI=1S/C22H31F3N2O3Si/c1-15(2)27-13-19(22(23,24)25)26-20(27)16-8-9-17(14-28)18(12-16)29-10-11-30-31(6,7)21(3,4)5/h8-9,12-15H,10-11H2,1-7H3. The minimum atomic E-state index is -4.54. The molecule has 1 aromatic heterocycles. The predicted molar refractivity (Wildman–Crippen MR) is 117 cm³/mol. The molecular weight excluding hydrogens is 425 g/mol. The molecule has 0 saturated carbocycles. The van der Waals surface area contributed by atoms with Crippen LogP contribution in [0.2, 0.25) is 18.1 Å². The van der Waals surface area contributed by atoms with Crippen LogP contribution in [-0.2, 0) is 10.6 Å². The summed E-state index contributed by atoms with van der Waals surface area (Å²) < 4.78 is 52.9. The first-order chi connectivity index (χ1) is 14.2. The van der Waals surface area contributed by atoms with E-state index in [9.17, 15) is 18.0 Å². The molecule has 0 aliphatic rings. The minimum Gasteiger partial charge on any atom is -0.490 e. The molecule has 1 heterocycles. The molecule has 172 valence electrons. The van der Waals surface area contributed by atoms with Crippen molar-refractivity contribution in [2.45, 2.75) is 65.0 Å². The average molecular weight is 457 g/mol. The quantitative estimate of drug-likeness (QED) is 0.263. The Morgan fingerprint density at radius 1 is 1.16 bits per heavy atom. The predicted octanol–water partition coefficient (Wildman–Crippen LogP) is 6.36. The van der Waals surface area contributed by atoms with Crippen molar-refractivity contribution in [1.82, 2.24) is 9.55 Å². The number of aldehydes is 1. The van der Waals surface area contributed by atoms with Crippen LogP contribution in [0.3, 0.4) is 0 Å². The van der Waals surface area contributed by atoms with Crippen molar-refractivity contribution in [1.29, 1.82) is 0 Å². The molecule has 0 amide bonds. The van der Waals surface area contributed by atoms with Crippen LogP contribution >= 0.6 is 0 Å². The SMILES string of the molecule is CC(C)n1cc(C(F)(F)F)nc1-c1ccc(C=O)c(OCCO[Si](C)(C)C(C)(C)C)c1. The Bertz CT molecular complexity index is 916. The number of aromatic nitrogens is 2. The van der Waals surface area contributed by atoms with Crippen molar-refractivity contribution >= 4 is 14.6 Å². The van der Waals surface area contributed by atoms with Crippen LogP contribution < -0.4 is 4.74 Å². The molecule has 0 unspecified atom stereocenters. The van der Waals surface area contributed by atoms with Gasteiger partial charge in [-0.1, -0.05) is 26.8 Å². The summed E-state index contributed by atoms with van der Waals surface area (Å²) in [6.07, 6.45) is -2.89. The fraction of sp³-hybridized carbons (Fsp3) is 0.545. The van der Waals surface area contributed by atoms with Gasteiger partial charge in [0.05, 0.1) is 12.2 Å². The van der Waals surface area contributed by atoms with E-state index in [1.165, 1.54) is 10.6 Å². The maximum Gasteiger partial charge on any atom is 0.434 e. The van der Waals surface area contributed by atoms with Crippen molar-refractivity contribution in [2.24, 2.45) is 0 Å². The summed E-state index contributed by atoms with van der Waals surface area (Å²) in [4.78, 5) is 15.2. The fourth-order valence-electron chi connectivity index (χ4n) is 2.70. The van der Waals surface area contributed by atoms with Gasteiger partial charge < -0.3 is 13.7 Å². The average Bonchev–Trinajstić information content (AvgIpc) is 3.10. The van der Waals surface area contributed by atoms with Gasteiger partial charge >= 0.3 is 6.18 Å². The maximum atomic E-state index is 13.2. The highest BCUT2D eigenvalue weighted by Crippen LogP contribution is 2.37. The summed E-state index contributed by atoms with van der Waals surface area (Å²) in [5, 5.41) is 0.0605. The second-order valence-corrected chi connectivity index (χ2v) is 14.1. The third kappa shape index (κ3) is 5.97. The molecule has 0 N–H and O–H groups in total. The molecule has 5 nitrogen and oxygen atoms in total. The topological polar surface area (TPSA) is 53.4 Å². The molecular formula is C22H31F3N2O3Si. The van der Waals surface area contributed by atoms with Gasteiger partial charge in [0.2, 0.25) is 0 Å². The van der Waals surface area contributed by atoms with E-state index in [1.54, 1.807) is 26.0 Å². The van der Waals surface area contributed by atoms with E-state index < -0.39 is 20.2 Å². The number of alkyl halides is 3. The van der Waals surface area contributed by atoms with E-state index in [-0.39, 0.29) is 29.3 Å². The normalized spacial score (nSPS) is 13.0. The highest BCUT2D eigenvalue weighted by atomic mass is 28.4. The molecule has 2 aromatic rings. The number of rotatable bonds is 8. The maximum absolute atomic E-state index is 13.2. The lowest BCUT2D eigenvalue weighted by atomic mass is 10.1. The van der Waals surface area contributed by atoms with E-state index in [2.05, 4.69) is 38.8 Å². The molecule has 0 fully saturated rings. The molecule has 2 rings (SSSR count). The summed E-state index contributed by atoms with van der Waals surface area (Å²) in [5.41, 5.74) is -0.203. The fourth-order valence-corrected chi connectivity index (χ4v) is 3.72. The summed E-state index contributed by atoms with van der Waals surface area (Å²) in [6, 6.07) is 4.42. The molecule has 0 bridgehead atoms. The van der Waals surface area contributed by atoms with Crippen LogP contribution in [0, 0.1) is 0 Å². The van der Waals surface area contributed by atoms with Gasteiger partial charge in [0.1, 0.15) is 18.2 Å². The van der Waals surface area contributed by atoms with Crippen molar-refractivity contribution in [3.63, 3.8) is 0 Å². The molecule has 1 aromatic carbocycles. The monoisotopic (exact) mass is 456 g/mol. The zero-order chi connectivity index (χ0) is 23.6. The molecule has 9 heteroatoms. The molecule has 31 heavy (non-hydrogen) atoms. The van der Waals surface area contributed by atoms with Crippen molar-refractivity contribution in [2.75, 3.05) is 13.2 Å². The van der Waals surface area contributed by atoms with Gasteiger partial charge in [-0.15, -0.1) is 0 Å². The zero-order valence-corrected chi connectivity index (χ0v) is 20.1. The molecule has 0 saturated heterocycles. The molecule has 0 radical (unpaired) electrons. The lowest BCUT2D eigenvalue weighted by Gasteiger charge is -2.36. The van der Waals surface area contributed by atoms with Crippen LogP contribution in [0.15, 0.2) is 24.4 Å². The van der Waals surface area contributed by atoms with Gasteiger partial charge in [-0.3, -0.25) is 4.79 Å². The van der Waals surface area contributed by atoms with Gasteiger partial charge in [-0.2, -0.15) is 13.2 Å². The second kappa shape index (κ2) is 9.16. The lowest BCUT2D eigenvalue weighted by Crippen LogP contribution is -2.41. The Morgan fingerprint density at radius 2 is 1.81 bits per heavy atom. The first-order valence-corrected chi connectivity index (χ1v) is 13.1. The van der Waals surface area contributed by atoms with Crippen LogP contribution in [-0.4, -0.2) is 37.4 Å². The van der Waals surface area contributed by atoms with Gasteiger partial charge in [0.15, 0.2) is 20.3 Å². The number of benzene rings is 1. The van der Waals surface area contributed by atoms with E-state index in [4.69, 9.17) is 9.16 Å². The smallest absolute Gasteiger partial charge is 0.434 e. The molecule has 0 aliphatic heterocycles.